The Morgan fingerprint density at radius 2 is 2.33 bits per heavy atom. The van der Waals surface area contributed by atoms with Gasteiger partial charge in [-0.25, -0.2) is 0 Å². The molecule has 6 heteroatoms. The van der Waals surface area contributed by atoms with E-state index in [1.807, 2.05) is 11.8 Å². The summed E-state index contributed by atoms with van der Waals surface area (Å²) >= 11 is 0. The van der Waals surface area contributed by atoms with Gasteiger partial charge in [0.15, 0.2) is 5.82 Å². The van der Waals surface area contributed by atoms with Crippen molar-refractivity contribution in [3.8, 4) is 0 Å². The van der Waals surface area contributed by atoms with Crippen molar-refractivity contribution in [2.24, 2.45) is 0 Å². The molecule has 6 nitrogen and oxygen atoms in total. The zero-order chi connectivity index (χ0) is 11.3. The Labute approximate surface area is 87.9 Å². The SMILES string of the molecule is CCN(CCC(=O)O)Cc1nc(C)no1. The third-order valence-corrected chi connectivity index (χ3v) is 2.02. The van der Waals surface area contributed by atoms with Crippen LogP contribution in [0.15, 0.2) is 4.52 Å². The van der Waals surface area contributed by atoms with Gasteiger partial charge in [-0.2, -0.15) is 4.98 Å². The van der Waals surface area contributed by atoms with E-state index in [9.17, 15) is 4.79 Å². The lowest BCUT2D eigenvalue weighted by Gasteiger charge is -2.16. The smallest absolute Gasteiger partial charge is 0.304 e. The predicted molar refractivity (Wildman–Crippen MR) is 52.2 cm³/mol. The Kier molecular flexibility index (Phi) is 4.23. The summed E-state index contributed by atoms with van der Waals surface area (Å²) in [6.07, 6.45) is 0.126. The Balaban J connectivity index is 2.42. The highest BCUT2D eigenvalue weighted by Crippen LogP contribution is 2.02. The molecule has 0 unspecified atom stereocenters. The van der Waals surface area contributed by atoms with Gasteiger partial charge in [-0.1, -0.05) is 12.1 Å². The van der Waals surface area contributed by atoms with Crippen molar-refractivity contribution in [2.75, 3.05) is 13.1 Å². The minimum absolute atomic E-state index is 0.126. The van der Waals surface area contributed by atoms with E-state index < -0.39 is 5.97 Å². The van der Waals surface area contributed by atoms with E-state index in [1.54, 1.807) is 6.92 Å². The van der Waals surface area contributed by atoms with E-state index in [1.165, 1.54) is 0 Å². The summed E-state index contributed by atoms with van der Waals surface area (Å²) in [7, 11) is 0. The predicted octanol–water partition coefficient (Wildman–Crippen LogP) is 0.675. The van der Waals surface area contributed by atoms with E-state index in [0.29, 0.717) is 24.8 Å². The maximum atomic E-state index is 10.4. The first-order valence-corrected chi connectivity index (χ1v) is 4.85. The Hall–Kier alpha value is -1.43. The van der Waals surface area contributed by atoms with Gasteiger partial charge in [0.25, 0.3) is 0 Å². The van der Waals surface area contributed by atoms with E-state index in [0.717, 1.165) is 6.54 Å². The zero-order valence-corrected chi connectivity index (χ0v) is 8.93. The summed E-state index contributed by atoms with van der Waals surface area (Å²) in [5.74, 6) is 0.328. The number of carboxylic acid groups (broad SMARTS) is 1. The van der Waals surface area contributed by atoms with Gasteiger partial charge in [0.1, 0.15) is 0 Å². The van der Waals surface area contributed by atoms with Crippen molar-refractivity contribution in [3.63, 3.8) is 0 Å². The minimum Gasteiger partial charge on any atom is -0.481 e. The van der Waals surface area contributed by atoms with Crippen LogP contribution < -0.4 is 0 Å². The number of nitrogens with zero attached hydrogens (tertiary/aromatic N) is 3. The van der Waals surface area contributed by atoms with Crippen molar-refractivity contribution < 1.29 is 14.4 Å². The minimum atomic E-state index is -0.796. The summed E-state index contributed by atoms with van der Waals surface area (Å²) in [5, 5.41) is 12.2. The lowest BCUT2D eigenvalue weighted by molar-refractivity contribution is -0.137. The van der Waals surface area contributed by atoms with Crippen LogP contribution >= 0.6 is 0 Å². The Morgan fingerprint density at radius 3 is 2.80 bits per heavy atom. The molecule has 84 valence electrons. The first-order chi connectivity index (χ1) is 7.11. The molecule has 1 aromatic rings. The lowest BCUT2D eigenvalue weighted by atomic mass is 10.3. The highest BCUT2D eigenvalue weighted by Gasteiger charge is 2.10. The van der Waals surface area contributed by atoms with Crippen LogP contribution in [0.4, 0.5) is 0 Å². The standard InChI is InChI=1S/C9H15N3O3/c1-3-12(5-4-9(13)14)6-8-10-7(2)11-15-8/h3-6H2,1-2H3,(H,13,14). The fourth-order valence-corrected chi connectivity index (χ4v) is 1.20. The average Bonchev–Trinajstić information content (AvgIpc) is 2.58. The first-order valence-electron chi connectivity index (χ1n) is 4.85. The molecule has 0 aliphatic rings. The van der Waals surface area contributed by atoms with E-state index in [2.05, 4.69) is 10.1 Å². The number of aliphatic carboxylic acids is 1. The number of aromatic nitrogens is 2. The maximum absolute atomic E-state index is 10.4. The third-order valence-electron chi connectivity index (χ3n) is 2.02. The number of hydrogen-bond acceptors (Lipinski definition) is 5. The fraction of sp³-hybridized carbons (Fsp3) is 0.667. The first kappa shape index (κ1) is 11.6. The van der Waals surface area contributed by atoms with Crippen LogP contribution in [0.1, 0.15) is 25.1 Å². The molecule has 0 aliphatic carbocycles. The van der Waals surface area contributed by atoms with Gasteiger partial charge in [0.2, 0.25) is 5.89 Å². The molecule has 0 atom stereocenters. The van der Waals surface area contributed by atoms with Crippen LogP contribution in [0.5, 0.6) is 0 Å². The number of hydrogen-bond donors (Lipinski definition) is 1. The average molecular weight is 213 g/mol. The molecule has 0 amide bonds. The van der Waals surface area contributed by atoms with Crippen molar-refractivity contribution in [3.05, 3.63) is 11.7 Å². The molecule has 0 spiro atoms. The van der Waals surface area contributed by atoms with Crippen LogP contribution in [0.25, 0.3) is 0 Å². The number of aryl methyl sites for hydroxylation is 1. The molecule has 1 N–H and O–H groups in total. The van der Waals surface area contributed by atoms with E-state index in [4.69, 9.17) is 9.63 Å². The fourth-order valence-electron chi connectivity index (χ4n) is 1.20. The Morgan fingerprint density at radius 1 is 1.60 bits per heavy atom. The van der Waals surface area contributed by atoms with Crippen molar-refractivity contribution in [1.82, 2.24) is 15.0 Å². The Bertz CT molecular complexity index is 324. The number of carbonyl (C=O) groups is 1. The largest absolute Gasteiger partial charge is 0.481 e. The van der Waals surface area contributed by atoms with E-state index in [-0.39, 0.29) is 6.42 Å². The van der Waals surface area contributed by atoms with Gasteiger partial charge < -0.3 is 9.63 Å². The number of carboxylic acids is 1. The highest BCUT2D eigenvalue weighted by atomic mass is 16.5. The lowest BCUT2D eigenvalue weighted by Crippen LogP contribution is -2.25. The van der Waals surface area contributed by atoms with Gasteiger partial charge in [-0.05, 0) is 13.5 Å². The van der Waals surface area contributed by atoms with Crippen molar-refractivity contribution >= 4 is 5.97 Å². The normalized spacial score (nSPS) is 10.9. The molecule has 15 heavy (non-hydrogen) atoms. The molecule has 1 heterocycles. The molecule has 1 aromatic heterocycles. The van der Waals surface area contributed by atoms with Crippen LogP contribution in [0.3, 0.4) is 0 Å². The monoisotopic (exact) mass is 213 g/mol. The van der Waals surface area contributed by atoms with Crippen LogP contribution in [-0.4, -0.2) is 39.2 Å². The van der Waals surface area contributed by atoms with Crippen LogP contribution in [0, 0.1) is 6.92 Å². The second kappa shape index (κ2) is 5.45. The summed E-state index contributed by atoms with van der Waals surface area (Å²) in [4.78, 5) is 16.4. The molecule has 0 aliphatic heterocycles. The molecule has 0 saturated carbocycles. The second-order valence-corrected chi connectivity index (χ2v) is 3.25. The van der Waals surface area contributed by atoms with Gasteiger partial charge in [0, 0.05) is 6.54 Å². The molecule has 0 aromatic carbocycles. The zero-order valence-electron chi connectivity index (χ0n) is 8.93. The summed E-state index contributed by atoms with van der Waals surface area (Å²) < 4.78 is 4.95. The van der Waals surface area contributed by atoms with Gasteiger partial charge in [-0.15, -0.1) is 0 Å². The van der Waals surface area contributed by atoms with E-state index >= 15 is 0 Å². The molecule has 0 bridgehead atoms. The molecule has 0 radical (unpaired) electrons. The molecular weight excluding hydrogens is 198 g/mol. The van der Waals surface area contributed by atoms with Gasteiger partial charge in [0.05, 0.1) is 13.0 Å². The van der Waals surface area contributed by atoms with Crippen molar-refractivity contribution in [1.29, 1.82) is 0 Å². The molecular formula is C9H15N3O3. The summed E-state index contributed by atoms with van der Waals surface area (Å²) in [5.41, 5.74) is 0. The number of rotatable bonds is 6. The molecule has 0 fully saturated rings. The summed E-state index contributed by atoms with van der Waals surface area (Å²) in [6.45, 7) is 5.47. The quantitative estimate of drug-likeness (QED) is 0.748. The van der Waals surface area contributed by atoms with Gasteiger partial charge >= 0.3 is 5.97 Å². The van der Waals surface area contributed by atoms with Crippen molar-refractivity contribution in [2.45, 2.75) is 26.8 Å². The maximum Gasteiger partial charge on any atom is 0.304 e. The summed E-state index contributed by atoms with van der Waals surface area (Å²) in [6, 6.07) is 0. The molecule has 0 saturated heterocycles. The topological polar surface area (TPSA) is 79.5 Å². The third kappa shape index (κ3) is 4.07. The molecule has 1 rings (SSSR count). The second-order valence-electron chi connectivity index (χ2n) is 3.25. The highest BCUT2D eigenvalue weighted by molar-refractivity contribution is 5.66. The van der Waals surface area contributed by atoms with Crippen LogP contribution in [0.2, 0.25) is 0 Å². The van der Waals surface area contributed by atoms with Crippen LogP contribution in [-0.2, 0) is 11.3 Å². The van der Waals surface area contributed by atoms with Gasteiger partial charge in [-0.3, -0.25) is 9.69 Å².